The van der Waals surface area contributed by atoms with Crippen LogP contribution >= 0.6 is 0 Å². The molecule has 2 aromatic heterocycles. The third-order valence-electron chi connectivity index (χ3n) is 7.41. The molecule has 1 aliphatic carbocycles. The number of carbonyl (C=O) groups excluding carboxylic acids is 1. The van der Waals surface area contributed by atoms with Crippen molar-refractivity contribution in [2.45, 2.75) is 38.6 Å². The molecule has 2 aromatic carbocycles. The monoisotopic (exact) mass is 507 g/mol. The van der Waals surface area contributed by atoms with Gasteiger partial charge in [-0.25, -0.2) is 4.98 Å². The highest BCUT2D eigenvalue weighted by Gasteiger charge is 2.25. The molecule has 2 aliphatic rings. The van der Waals surface area contributed by atoms with Gasteiger partial charge in [0.2, 0.25) is 5.95 Å². The van der Waals surface area contributed by atoms with Crippen LogP contribution in [0.2, 0.25) is 0 Å². The third kappa shape index (κ3) is 5.75. The fourth-order valence-corrected chi connectivity index (χ4v) is 5.00. The second kappa shape index (κ2) is 10.8. The lowest BCUT2D eigenvalue weighted by atomic mass is 9.98. The van der Waals surface area contributed by atoms with Crippen molar-refractivity contribution in [1.29, 1.82) is 0 Å². The summed E-state index contributed by atoms with van der Waals surface area (Å²) in [7, 11) is 0. The van der Waals surface area contributed by atoms with Crippen molar-refractivity contribution in [2.75, 3.05) is 36.4 Å². The summed E-state index contributed by atoms with van der Waals surface area (Å²) in [5.41, 5.74) is 5.35. The normalized spacial score (nSPS) is 16.0. The summed E-state index contributed by atoms with van der Waals surface area (Å²) in [6.45, 7) is 6.52. The van der Waals surface area contributed by atoms with Gasteiger partial charge in [0.05, 0.1) is 0 Å². The van der Waals surface area contributed by atoms with Gasteiger partial charge in [-0.2, -0.15) is 10.1 Å². The molecule has 1 saturated carbocycles. The average Bonchev–Trinajstić information content (AvgIpc) is 3.69. The number of nitrogens with one attached hydrogen (secondary N) is 2. The van der Waals surface area contributed by atoms with Gasteiger partial charge in [-0.1, -0.05) is 48.5 Å². The molecule has 0 amide bonds. The van der Waals surface area contributed by atoms with Gasteiger partial charge in [0.1, 0.15) is 5.82 Å². The molecule has 8 heteroatoms. The number of aryl methyl sites for hydroxylation is 1. The van der Waals surface area contributed by atoms with Crippen molar-refractivity contribution < 1.29 is 4.79 Å². The fraction of sp³-hybridized carbons (Fsp3) is 0.333. The first-order chi connectivity index (χ1) is 18.6. The number of anilines is 3. The molecule has 0 atom stereocenters. The molecule has 4 aromatic rings. The maximum absolute atomic E-state index is 12.7. The molecule has 0 unspecified atom stereocenters. The van der Waals surface area contributed by atoms with E-state index in [0.29, 0.717) is 12.3 Å². The molecule has 0 spiro atoms. The first-order valence-corrected chi connectivity index (χ1v) is 13.4. The fourth-order valence-electron chi connectivity index (χ4n) is 5.00. The molecular weight excluding hydrogens is 474 g/mol. The molecule has 2 fully saturated rings. The molecule has 6 rings (SSSR count). The SMILES string of the molecule is Cc1ccccc1C(=O)Cc1ccc(CN2CCN(c3nccc(Nc4cc(C5CC5)[nH]n4)n3)CC2)cc1. The Labute approximate surface area is 223 Å². The Kier molecular flexibility index (Phi) is 6.88. The Morgan fingerprint density at radius 3 is 2.50 bits per heavy atom. The maximum atomic E-state index is 12.7. The van der Waals surface area contributed by atoms with Crippen molar-refractivity contribution in [1.82, 2.24) is 25.1 Å². The van der Waals surface area contributed by atoms with Crippen molar-refractivity contribution in [2.24, 2.45) is 0 Å². The van der Waals surface area contributed by atoms with Crippen molar-refractivity contribution >= 4 is 23.4 Å². The predicted molar refractivity (Wildman–Crippen MR) is 149 cm³/mol. The number of carbonyl (C=O) groups is 1. The van der Waals surface area contributed by atoms with Gasteiger partial charge in [-0.05, 0) is 42.5 Å². The third-order valence-corrected chi connectivity index (χ3v) is 7.41. The zero-order valence-corrected chi connectivity index (χ0v) is 21.7. The lowest BCUT2D eigenvalue weighted by Crippen LogP contribution is -2.46. The average molecular weight is 508 g/mol. The van der Waals surface area contributed by atoms with Crippen LogP contribution in [0.25, 0.3) is 0 Å². The van der Waals surface area contributed by atoms with E-state index in [9.17, 15) is 4.79 Å². The van der Waals surface area contributed by atoms with E-state index in [-0.39, 0.29) is 5.78 Å². The van der Waals surface area contributed by atoms with Gasteiger partial charge in [0.25, 0.3) is 0 Å². The number of nitrogens with zero attached hydrogens (tertiary/aromatic N) is 5. The molecule has 0 bridgehead atoms. The van der Waals surface area contributed by atoms with Crippen LogP contribution in [-0.4, -0.2) is 57.0 Å². The lowest BCUT2D eigenvalue weighted by molar-refractivity contribution is 0.0992. The number of rotatable bonds is 9. The molecule has 1 saturated heterocycles. The predicted octanol–water partition coefficient (Wildman–Crippen LogP) is 4.88. The van der Waals surface area contributed by atoms with Crippen LogP contribution in [-0.2, 0) is 13.0 Å². The van der Waals surface area contributed by atoms with Gasteiger partial charge in [0.15, 0.2) is 11.6 Å². The van der Waals surface area contributed by atoms with Crippen molar-refractivity contribution in [3.8, 4) is 0 Å². The van der Waals surface area contributed by atoms with Gasteiger partial charge < -0.3 is 10.2 Å². The number of hydrogen-bond donors (Lipinski definition) is 2. The quantitative estimate of drug-likeness (QED) is 0.312. The van der Waals surface area contributed by atoms with Gasteiger partial charge in [-0.3, -0.25) is 14.8 Å². The number of ketones is 1. The summed E-state index contributed by atoms with van der Waals surface area (Å²) in [5, 5.41) is 10.8. The Morgan fingerprint density at radius 1 is 0.974 bits per heavy atom. The van der Waals surface area contributed by atoms with Gasteiger partial charge >= 0.3 is 0 Å². The zero-order valence-electron chi connectivity index (χ0n) is 21.7. The van der Waals surface area contributed by atoms with E-state index < -0.39 is 0 Å². The summed E-state index contributed by atoms with van der Waals surface area (Å²) in [6.07, 6.45) is 4.72. The smallest absolute Gasteiger partial charge is 0.227 e. The molecular formula is C30H33N7O. The zero-order chi connectivity index (χ0) is 25.9. The standard InChI is InChI=1S/C30H33N7O/c1-21-4-2-3-5-25(21)27(38)18-22-6-8-23(9-7-22)20-36-14-16-37(17-15-36)30-31-13-12-28(33-30)32-29-19-26(34-35-29)24-10-11-24/h2-9,12-13,19,24H,10-11,14-18,20H2,1H3,(H2,31,32,33,34,35). The van der Waals surface area contributed by atoms with Gasteiger partial charge in [0, 0.05) is 68.6 Å². The second-order valence-electron chi connectivity index (χ2n) is 10.3. The van der Waals surface area contributed by atoms with E-state index in [4.69, 9.17) is 4.98 Å². The number of hydrogen-bond acceptors (Lipinski definition) is 7. The number of aromatic amines is 1. The highest BCUT2D eigenvalue weighted by molar-refractivity contribution is 5.98. The minimum Gasteiger partial charge on any atom is -0.338 e. The van der Waals surface area contributed by atoms with Crippen LogP contribution < -0.4 is 10.2 Å². The molecule has 194 valence electrons. The number of Topliss-reactive ketones (excluding diaryl/α,β-unsaturated/α-hetero) is 1. The molecule has 0 radical (unpaired) electrons. The summed E-state index contributed by atoms with van der Waals surface area (Å²) < 4.78 is 0. The number of aromatic nitrogens is 4. The van der Waals surface area contributed by atoms with Crippen LogP contribution in [0.3, 0.4) is 0 Å². The van der Waals surface area contributed by atoms with E-state index >= 15 is 0 Å². The molecule has 8 nitrogen and oxygen atoms in total. The number of H-pyrrole nitrogens is 1. The van der Waals surface area contributed by atoms with Crippen LogP contribution in [0.5, 0.6) is 0 Å². The Morgan fingerprint density at radius 2 is 1.74 bits per heavy atom. The summed E-state index contributed by atoms with van der Waals surface area (Å²) >= 11 is 0. The molecule has 3 heterocycles. The minimum absolute atomic E-state index is 0.167. The molecule has 2 N–H and O–H groups in total. The van der Waals surface area contributed by atoms with Crippen LogP contribution in [0.15, 0.2) is 66.9 Å². The van der Waals surface area contributed by atoms with Crippen LogP contribution in [0, 0.1) is 6.92 Å². The Balaban J connectivity index is 0.999. The molecule has 38 heavy (non-hydrogen) atoms. The minimum atomic E-state index is 0.167. The second-order valence-corrected chi connectivity index (χ2v) is 10.3. The summed E-state index contributed by atoms with van der Waals surface area (Å²) in [5.74, 6) is 3.11. The molecule has 1 aliphatic heterocycles. The topological polar surface area (TPSA) is 90.0 Å². The lowest BCUT2D eigenvalue weighted by Gasteiger charge is -2.34. The summed E-state index contributed by atoms with van der Waals surface area (Å²) in [4.78, 5) is 26.6. The first-order valence-electron chi connectivity index (χ1n) is 13.4. The highest BCUT2D eigenvalue weighted by atomic mass is 16.1. The van der Waals surface area contributed by atoms with Crippen molar-refractivity contribution in [3.63, 3.8) is 0 Å². The van der Waals surface area contributed by atoms with Crippen LogP contribution in [0.4, 0.5) is 17.6 Å². The Hall–Kier alpha value is -4.04. The maximum Gasteiger partial charge on any atom is 0.227 e. The Bertz CT molecular complexity index is 1400. The van der Waals surface area contributed by atoms with E-state index in [2.05, 4.69) is 60.6 Å². The van der Waals surface area contributed by atoms with E-state index in [1.807, 2.05) is 37.3 Å². The first kappa shape index (κ1) is 24.3. The number of piperazine rings is 1. The largest absolute Gasteiger partial charge is 0.338 e. The van der Waals surface area contributed by atoms with Crippen LogP contribution in [0.1, 0.15) is 51.5 Å². The van der Waals surface area contributed by atoms with E-state index in [0.717, 1.165) is 67.0 Å². The summed E-state index contributed by atoms with van der Waals surface area (Å²) in [6, 6.07) is 20.2. The van der Waals surface area contributed by atoms with Crippen molar-refractivity contribution in [3.05, 3.63) is 94.8 Å². The van der Waals surface area contributed by atoms with Gasteiger partial charge in [-0.15, -0.1) is 0 Å². The van der Waals surface area contributed by atoms with E-state index in [1.165, 1.54) is 24.1 Å². The highest BCUT2D eigenvalue weighted by Crippen LogP contribution is 2.39. The van der Waals surface area contributed by atoms with E-state index in [1.54, 1.807) is 6.20 Å². The number of benzene rings is 2.